The van der Waals surface area contributed by atoms with Crippen LogP contribution in [0, 0.1) is 0 Å². The van der Waals surface area contributed by atoms with Crippen molar-refractivity contribution >= 4 is 0 Å². The van der Waals surface area contributed by atoms with Crippen LogP contribution in [0.3, 0.4) is 0 Å². The molecule has 0 saturated carbocycles. The van der Waals surface area contributed by atoms with E-state index in [2.05, 4.69) is 20.8 Å². The van der Waals surface area contributed by atoms with Crippen LogP contribution in [0.4, 0.5) is 0 Å². The van der Waals surface area contributed by atoms with Crippen molar-refractivity contribution in [2.24, 2.45) is 5.73 Å². The van der Waals surface area contributed by atoms with Crippen LogP contribution in [0.15, 0.2) is 0 Å². The van der Waals surface area contributed by atoms with Crippen LogP contribution in [0.25, 0.3) is 0 Å². The lowest BCUT2D eigenvalue weighted by Crippen LogP contribution is -2.40. The third-order valence-electron chi connectivity index (χ3n) is 2.60. The molecule has 0 aliphatic rings. The first-order valence-electron chi connectivity index (χ1n) is 5.37. The first-order valence-corrected chi connectivity index (χ1v) is 5.37. The van der Waals surface area contributed by atoms with Gasteiger partial charge in [0.25, 0.3) is 0 Å². The molecule has 0 spiro atoms. The highest BCUT2D eigenvalue weighted by atomic mass is 16.5. The predicted octanol–water partition coefficient (Wildman–Crippen LogP) is 1.68. The summed E-state index contributed by atoms with van der Waals surface area (Å²) < 4.78 is 5.68. The summed E-state index contributed by atoms with van der Waals surface area (Å²) in [5.74, 6) is 0. The van der Waals surface area contributed by atoms with E-state index in [0.717, 1.165) is 19.3 Å². The molecule has 0 aromatic heterocycles. The lowest BCUT2D eigenvalue weighted by atomic mass is 9.99. The Kier molecular flexibility index (Phi) is 5.64. The molecular weight excluding hydrogens is 178 g/mol. The summed E-state index contributed by atoms with van der Waals surface area (Å²) in [5.41, 5.74) is 5.30. The molecule has 0 aromatic rings. The van der Waals surface area contributed by atoms with Crippen LogP contribution < -0.4 is 5.73 Å². The average molecular weight is 203 g/mol. The van der Waals surface area contributed by atoms with E-state index in [1.165, 1.54) is 0 Å². The van der Waals surface area contributed by atoms with Gasteiger partial charge >= 0.3 is 0 Å². The van der Waals surface area contributed by atoms with Crippen molar-refractivity contribution in [3.05, 3.63) is 0 Å². The fourth-order valence-electron chi connectivity index (χ4n) is 1.01. The molecule has 0 amide bonds. The summed E-state index contributed by atoms with van der Waals surface area (Å²) in [4.78, 5) is 0. The normalized spacial score (nSPS) is 16.7. The third-order valence-corrected chi connectivity index (χ3v) is 2.60. The molecule has 3 N–H and O–H groups in total. The standard InChI is InChI=1S/C11H25NO2/c1-5-10(2,3)14-8-6-7-11(4,12)9-13/h13H,5-9,12H2,1-4H3. The van der Waals surface area contributed by atoms with Crippen LogP contribution >= 0.6 is 0 Å². The zero-order chi connectivity index (χ0) is 11.2. The summed E-state index contributed by atoms with van der Waals surface area (Å²) in [6.07, 6.45) is 2.70. The maximum atomic E-state index is 8.93. The van der Waals surface area contributed by atoms with Crippen LogP contribution in [-0.4, -0.2) is 29.5 Å². The molecule has 0 aliphatic carbocycles. The van der Waals surface area contributed by atoms with Crippen molar-refractivity contribution < 1.29 is 9.84 Å². The number of aliphatic hydroxyl groups is 1. The molecule has 0 saturated heterocycles. The molecule has 0 radical (unpaired) electrons. The molecule has 0 heterocycles. The minimum Gasteiger partial charge on any atom is -0.394 e. The van der Waals surface area contributed by atoms with Crippen molar-refractivity contribution in [1.29, 1.82) is 0 Å². The summed E-state index contributed by atoms with van der Waals surface area (Å²) in [6.45, 7) is 8.89. The predicted molar refractivity (Wildman–Crippen MR) is 59.2 cm³/mol. The van der Waals surface area contributed by atoms with E-state index in [1.807, 2.05) is 6.92 Å². The molecule has 1 unspecified atom stereocenters. The minimum absolute atomic E-state index is 0.0319. The van der Waals surface area contributed by atoms with Gasteiger partial charge in [0.05, 0.1) is 12.2 Å². The fourth-order valence-corrected chi connectivity index (χ4v) is 1.01. The number of ether oxygens (including phenoxy) is 1. The SMILES string of the molecule is CCC(C)(C)OCCCC(C)(N)CO. The summed E-state index contributed by atoms with van der Waals surface area (Å²) in [7, 11) is 0. The van der Waals surface area contributed by atoms with Crippen molar-refractivity contribution in [3.8, 4) is 0 Å². The number of rotatable bonds is 7. The zero-order valence-electron chi connectivity index (χ0n) is 9.97. The minimum atomic E-state index is -0.459. The molecule has 0 fully saturated rings. The van der Waals surface area contributed by atoms with Crippen LogP contribution in [0.2, 0.25) is 0 Å². The fraction of sp³-hybridized carbons (Fsp3) is 1.00. The molecule has 1 atom stereocenters. The summed E-state index contributed by atoms with van der Waals surface area (Å²) in [6, 6.07) is 0. The van der Waals surface area contributed by atoms with Gasteiger partial charge in [-0.3, -0.25) is 0 Å². The smallest absolute Gasteiger partial charge is 0.0623 e. The van der Waals surface area contributed by atoms with Gasteiger partial charge in [0, 0.05) is 12.1 Å². The van der Waals surface area contributed by atoms with Crippen LogP contribution in [0.5, 0.6) is 0 Å². The van der Waals surface area contributed by atoms with Crippen molar-refractivity contribution in [2.45, 2.75) is 58.1 Å². The number of nitrogens with two attached hydrogens (primary N) is 1. The molecule has 14 heavy (non-hydrogen) atoms. The first-order chi connectivity index (χ1) is 6.33. The van der Waals surface area contributed by atoms with E-state index in [0.29, 0.717) is 6.61 Å². The third kappa shape index (κ3) is 6.35. The summed E-state index contributed by atoms with van der Waals surface area (Å²) in [5, 5.41) is 8.93. The van der Waals surface area contributed by atoms with Gasteiger partial charge in [-0.05, 0) is 40.0 Å². The highest BCUT2D eigenvalue weighted by Crippen LogP contribution is 2.15. The van der Waals surface area contributed by atoms with Crippen molar-refractivity contribution in [3.63, 3.8) is 0 Å². The number of hydrogen-bond donors (Lipinski definition) is 2. The zero-order valence-corrected chi connectivity index (χ0v) is 9.97. The highest BCUT2D eigenvalue weighted by Gasteiger charge is 2.18. The van der Waals surface area contributed by atoms with E-state index in [-0.39, 0.29) is 12.2 Å². The molecule has 0 aliphatic heterocycles. The maximum Gasteiger partial charge on any atom is 0.0623 e. The Morgan fingerprint density at radius 2 is 1.86 bits per heavy atom. The van der Waals surface area contributed by atoms with E-state index >= 15 is 0 Å². The molecule has 3 heteroatoms. The quantitative estimate of drug-likeness (QED) is 0.619. The molecule has 0 aromatic carbocycles. The Bertz CT molecular complexity index is 137. The van der Waals surface area contributed by atoms with Crippen molar-refractivity contribution in [2.75, 3.05) is 13.2 Å². The Hall–Kier alpha value is -0.120. The number of aliphatic hydroxyl groups excluding tert-OH is 1. The topological polar surface area (TPSA) is 55.5 Å². The van der Waals surface area contributed by atoms with Gasteiger partial charge in [-0.15, -0.1) is 0 Å². The Morgan fingerprint density at radius 1 is 1.29 bits per heavy atom. The van der Waals surface area contributed by atoms with E-state index < -0.39 is 5.54 Å². The molecule has 86 valence electrons. The van der Waals surface area contributed by atoms with Gasteiger partial charge in [-0.2, -0.15) is 0 Å². The second kappa shape index (κ2) is 5.69. The van der Waals surface area contributed by atoms with Gasteiger partial charge in [0.15, 0.2) is 0 Å². The largest absolute Gasteiger partial charge is 0.394 e. The molecule has 0 rings (SSSR count). The lowest BCUT2D eigenvalue weighted by Gasteiger charge is -2.25. The highest BCUT2D eigenvalue weighted by molar-refractivity contribution is 4.77. The maximum absolute atomic E-state index is 8.93. The van der Waals surface area contributed by atoms with E-state index in [9.17, 15) is 0 Å². The van der Waals surface area contributed by atoms with Crippen molar-refractivity contribution in [1.82, 2.24) is 0 Å². The molecule has 3 nitrogen and oxygen atoms in total. The van der Waals surface area contributed by atoms with Crippen LogP contribution in [-0.2, 0) is 4.74 Å². The molecule has 0 bridgehead atoms. The second-order valence-corrected chi connectivity index (χ2v) is 4.88. The van der Waals surface area contributed by atoms with Gasteiger partial charge in [-0.1, -0.05) is 6.92 Å². The molecular formula is C11H25NO2. The van der Waals surface area contributed by atoms with Gasteiger partial charge in [-0.25, -0.2) is 0 Å². The lowest BCUT2D eigenvalue weighted by molar-refractivity contribution is -0.0236. The summed E-state index contributed by atoms with van der Waals surface area (Å²) >= 11 is 0. The van der Waals surface area contributed by atoms with E-state index in [1.54, 1.807) is 0 Å². The van der Waals surface area contributed by atoms with Crippen LogP contribution in [0.1, 0.15) is 47.0 Å². The second-order valence-electron chi connectivity index (χ2n) is 4.88. The Balaban J connectivity index is 3.57. The van der Waals surface area contributed by atoms with Gasteiger partial charge in [0.1, 0.15) is 0 Å². The number of hydrogen-bond acceptors (Lipinski definition) is 3. The Morgan fingerprint density at radius 3 is 2.29 bits per heavy atom. The van der Waals surface area contributed by atoms with Gasteiger partial charge < -0.3 is 15.6 Å². The van der Waals surface area contributed by atoms with E-state index in [4.69, 9.17) is 15.6 Å². The average Bonchev–Trinajstić information content (AvgIpc) is 2.13. The Labute approximate surface area is 87.6 Å². The first kappa shape index (κ1) is 13.9. The van der Waals surface area contributed by atoms with Gasteiger partial charge in [0.2, 0.25) is 0 Å². The monoisotopic (exact) mass is 203 g/mol.